The number of nitrogens with two attached hydrogens (primary N) is 1. The largest absolute Gasteiger partial charge is 0.444 e. The van der Waals surface area contributed by atoms with Gasteiger partial charge in [0.1, 0.15) is 11.3 Å². The molecule has 1 heterocycles. The predicted octanol–water partition coefficient (Wildman–Crippen LogP) is 1.70. The van der Waals surface area contributed by atoms with E-state index in [4.69, 9.17) is 10.5 Å². The number of rotatable bonds is 5. The van der Waals surface area contributed by atoms with Gasteiger partial charge in [0.2, 0.25) is 0 Å². The molecule has 0 atom stereocenters. The number of ether oxygens (including phenoxy) is 1. The molecule has 0 aliphatic heterocycles. The molecule has 1 aromatic heterocycles. The molecule has 0 spiro atoms. The lowest BCUT2D eigenvalue weighted by Crippen LogP contribution is -2.33. The standard InChI is InChI=1S/C12H19N3O3S/c1-12(2,3)18-11(17)14-6-4-5-9-15-8(7-19-9)10(13)16/h7H,4-6H2,1-3H3,(H2,13,16)(H,14,17). The molecule has 1 aromatic rings. The summed E-state index contributed by atoms with van der Waals surface area (Å²) >= 11 is 1.39. The molecule has 106 valence electrons. The third-order valence-corrected chi connectivity index (χ3v) is 2.95. The number of amides is 2. The summed E-state index contributed by atoms with van der Waals surface area (Å²) in [4.78, 5) is 26.3. The number of aryl methyl sites for hydroxylation is 1. The Morgan fingerprint density at radius 1 is 1.47 bits per heavy atom. The first-order chi connectivity index (χ1) is 8.78. The van der Waals surface area contributed by atoms with Gasteiger partial charge in [0.25, 0.3) is 5.91 Å². The first kappa shape index (κ1) is 15.4. The van der Waals surface area contributed by atoms with Gasteiger partial charge in [0.05, 0.1) is 5.01 Å². The first-order valence-electron chi connectivity index (χ1n) is 5.99. The molecule has 0 saturated carbocycles. The number of alkyl carbamates (subject to hydrolysis) is 1. The zero-order chi connectivity index (χ0) is 14.5. The minimum Gasteiger partial charge on any atom is -0.444 e. The van der Waals surface area contributed by atoms with Crippen LogP contribution in [-0.2, 0) is 11.2 Å². The quantitative estimate of drug-likeness (QED) is 0.805. The van der Waals surface area contributed by atoms with Crippen molar-refractivity contribution in [2.24, 2.45) is 5.73 Å². The van der Waals surface area contributed by atoms with Crippen LogP contribution >= 0.6 is 11.3 Å². The predicted molar refractivity (Wildman–Crippen MR) is 73.2 cm³/mol. The molecule has 0 fully saturated rings. The molecule has 0 unspecified atom stereocenters. The summed E-state index contributed by atoms with van der Waals surface area (Å²) in [5.41, 5.74) is 4.91. The van der Waals surface area contributed by atoms with Crippen LogP contribution in [0.5, 0.6) is 0 Å². The SMILES string of the molecule is CC(C)(C)OC(=O)NCCCc1nc(C(N)=O)cs1. The molecule has 1 rings (SSSR count). The fourth-order valence-electron chi connectivity index (χ4n) is 1.28. The van der Waals surface area contributed by atoms with Crippen molar-refractivity contribution in [2.75, 3.05) is 6.54 Å². The highest BCUT2D eigenvalue weighted by molar-refractivity contribution is 7.09. The van der Waals surface area contributed by atoms with E-state index in [1.54, 1.807) is 5.38 Å². The molecule has 7 heteroatoms. The van der Waals surface area contributed by atoms with Gasteiger partial charge in [0, 0.05) is 18.3 Å². The molecule has 6 nitrogen and oxygen atoms in total. The van der Waals surface area contributed by atoms with Crippen LogP contribution in [-0.4, -0.2) is 29.1 Å². The number of nitrogens with one attached hydrogen (secondary N) is 1. The second-order valence-electron chi connectivity index (χ2n) is 5.02. The number of aromatic nitrogens is 1. The zero-order valence-corrected chi connectivity index (χ0v) is 12.2. The number of carbonyl (C=O) groups is 2. The van der Waals surface area contributed by atoms with Gasteiger partial charge < -0.3 is 15.8 Å². The van der Waals surface area contributed by atoms with E-state index in [1.165, 1.54) is 11.3 Å². The third-order valence-electron chi connectivity index (χ3n) is 2.04. The van der Waals surface area contributed by atoms with E-state index >= 15 is 0 Å². The number of primary amides is 1. The number of hydrogen-bond donors (Lipinski definition) is 2. The molecule has 0 bridgehead atoms. The molecule has 0 aromatic carbocycles. The average molecular weight is 285 g/mol. The number of nitrogens with zero attached hydrogens (tertiary/aromatic N) is 1. The molecule has 0 aliphatic rings. The summed E-state index contributed by atoms with van der Waals surface area (Å²) in [5, 5.41) is 5.13. The van der Waals surface area contributed by atoms with E-state index in [1.807, 2.05) is 20.8 Å². The molecule has 3 N–H and O–H groups in total. The van der Waals surface area contributed by atoms with Gasteiger partial charge in [0.15, 0.2) is 0 Å². The fraction of sp³-hybridized carbons (Fsp3) is 0.583. The Bertz CT molecular complexity index is 451. The second-order valence-corrected chi connectivity index (χ2v) is 5.97. The lowest BCUT2D eigenvalue weighted by atomic mass is 10.2. The van der Waals surface area contributed by atoms with Crippen LogP contribution < -0.4 is 11.1 Å². The van der Waals surface area contributed by atoms with E-state index in [2.05, 4.69) is 10.3 Å². The van der Waals surface area contributed by atoms with Gasteiger partial charge in [-0.1, -0.05) is 0 Å². The van der Waals surface area contributed by atoms with Gasteiger partial charge in [-0.3, -0.25) is 4.79 Å². The highest BCUT2D eigenvalue weighted by Crippen LogP contribution is 2.11. The highest BCUT2D eigenvalue weighted by atomic mass is 32.1. The van der Waals surface area contributed by atoms with E-state index in [9.17, 15) is 9.59 Å². The Labute approximate surface area is 116 Å². The number of thiazole rings is 1. The maximum absolute atomic E-state index is 11.4. The zero-order valence-electron chi connectivity index (χ0n) is 11.4. The maximum Gasteiger partial charge on any atom is 0.407 e. The molecule has 2 amide bonds. The van der Waals surface area contributed by atoms with Crippen molar-refractivity contribution in [2.45, 2.75) is 39.2 Å². The summed E-state index contributed by atoms with van der Waals surface area (Å²) in [6, 6.07) is 0. The summed E-state index contributed by atoms with van der Waals surface area (Å²) in [7, 11) is 0. The van der Waals surface area contributed by atoms with Gasteiger partial charge in [-0.15, -0.1) is 11.3 Å². The van der Waals surface area contributed by atoms with Crippen molar-refractivity contribution in [3.8, 4) is 0 Å². The lowest BCUT2D eigenvalue weighted by molar-refractivity contribution is 0.0527. The smallest absolute Gasteiger partial charge is 0.407 e. The van der Waals surface area contributed by atoms with Gasteiger partial charge >= 0.3 is 6.09 Å². The van der Waals surface area contributed by atoms with Gasteiger partial charge in [-0.25, -0.2) is 9.78 Å². The number of hydrogen-bond acceptors (Lipinski definition) is 5. The molecular weight excluding hydrogens is 266 g/mol. The van der Waals surface area contributed by atoms with Crippen molar-refractivity contribution >= 4 is 23.3 Å². The van der Waals surface area contributed by atoms with E-state index in [0.717, 1.165) is 11.4 Å². The van der Waals surface area contributed by atoms with Crippen LogP contribution in [0.25, 0.3) is 0 Å². The van der Waals surface area contributed by atoms with Gasteiger partial charge in [-0.2, -0.15) is 0 Å². The average Bonchev–Trinajstić information content (AvgIpc) is 2.70. The minimum absolute atomic E-state index is 0.292. The second kappa shape index (κ2) is 6.51. The monoisotopic (exact) mass is 285 g/mol. The molecule has 0 saturated heterocycles. The van der Waals surface area contributed by atoms with Crippen molar-refractivity contribution in [1.82, 2.24) is 10.3 Å². The highest BCUT2D eigenvalue weighted by Gasteiger charge is 2.15. The Hall–Kier alpha value is -1.63. The minimum atomic E-state index is -0.519. The topological polar surface area (TPSA) is 94.3 Å². The summed E-state index contributed by atoms with van der Waals surface area (Å²) < 4.78 is 5.10. The summed E-state index contributed by atoms with van der Waals surface area (Å²) in [6.45, 7) is 5.94. The van der Waals surface area contributed by atoms with Crippen molar-refractivity contribution in [3.63, 3.8) is 0 Å². The van der Waals surface area contributed by atoms with E-state index in [0.29, 0.717) is 18.7 Å². The summed E-state index contributed by atoms with van der Waals surface area (Å²) in [6.07, 6.45) is 0.989. The van der Waals surface area contributed by atoms with Crippen LogP contribution in [0, 0.1) is 0 Å². The molecular formula is C12H19N3O3S. The van der Waals surface area contributed by atoms with Crippen molar-refractivity contribution in [1.29, 1.82) is 0 Å². The van der Waals surface area contributed by atoms with Crippen LogP contribution in [0.3, 0.4) is 0 Å². The van der Waals surface area contributed by atoms with Crippen LogP contribution in [0.2, 0.25) is 0 Å². The first-order valence-corrected chi connectivity index (χ1v) is 6.87. The third kappa shape index (κ3) is 6.19. The Morgan fingerprint density at radius 2 is 2.16 bits per heavy atom. The maximum atomic E-state index is 11.4. The lowest BCUT2D eigenvalue weighted by Gasteiger charge is -2.19. The van der Waals surface area contributed by atoms with Crippen LogP contribution in [0.1, 0.15) is 42.7 Å². The van der Waals surface area contributed by atoms with Crippen molar-refractivity contribution in [3.05, 3.63) is 16.1 Å². The van der Waals surface area contributed by atoms with E-state index in [-0.39, 0.29) is 0 Å². The Morgan fingerprint density at radius 3 is 2.68 bits per heavy atom. The Kier molecular flexibility index (Phi) is 5.29. The normalized spacial score (nSPS) is 11.1. The van der Waals surface area contributed by atoms with Crippen LogP contribution in [0.15, 0.2) is 5.38 Å². The number of carbonyl (C=O) groups excluding carboxylic acids is 2. The molecule has 0 aliphatic carbocycles. The van der Waals surface area contributed by atoms with Gasteiger partial charge in [-0.05, 0) is 27.2 Å². The molecule has 0 radical (unpaired) electrons. The fourth-order valence-corrected chi connectivity index (χ4v) is 2.11. The summed E-state index contributed by atoms with van der Waals surface area (Å²) in [5.74, 6) is -0.519. The van der Waals surface area contributed by atoms with Crippen molar-refractivity contribution < 1.29 is 14.3 Å². The molecule has 19 heavy (non-hydrogen) atoms. The van der Waals surface area contributed by atoms with E-state index < -0.39 is 17.6 Å². The van der Waals surface area contributed by atoms with Crippen LogP contribution in [0.4, 0.5) is 4.79 Å². The Balaban J connectivity index is 2.23.